The number of morpholine rings is 1. The second kappa shape index (κ2) is 3.49. The number of rotatable bonds is 1. The maximum absolute atomic E-state index is 5.51. The van der Waals surface area contributed by atoms with Crippen LogP contribution in [0.15, 0.2) is 0 Å². The van der Waals surface area contributed by atoms with Crippen LogP contribution in [0.4, 0.5) is 0 Å². The van der Waals surface area contributed by atoms with Crippen LogP contribution in [0.5, 0.6) is 0 Å². The van der Waals surface area contributed by atoms with Gasteiger partial charge < -0.3 is 14.8 Å². The molecule has 2 heterocycles. The van der Waals surface area contributed by atoms with Gasteiger partial charge in [-0.25, -0.2) is 0 Å². The molecular formula is C7H14N2O2. The Bertz CT molecular complexity index is 120. The summed E-state index contributed by atoms with van der Waals surface area (Å²) in [6.07, 6.45) is 0.314. The quantitative estimate of drug-likeness (QED) is 0.509. The fourth-order valence-electron chi connectivity index (χ4n) is 1.46. The normalized spacial score (nSPS) is 39.3. The van der Waals surface area contributed by atoms with Crippen molar-refractivity contribution in [1.29, 1.82) is 0 Å². The first-order chi connectivity index (χ1) is 5.47. The van der Waals surface area contributed by atoms with Gasteiger partial charge in [-0.05, 0) is 0 Å². The summed E-state index contributed by atoms with van der Waals surface area (Å²) in [5.74, 6) is 0. The van der Waals surface area contributed by atoms with Crippen molar-refractivity contribution in [3.63, 3.8) is 0 Å². The van der Waals surface area contributed by atoms with Gasteiger partial charge in [0.25, 0.3) is 0 Å². The maximum Gasteiger partial charge on any atom is 0.135 e. The first-order valence-electron chi connectivity index (χ1n) is 4.14. The lowest BCUT2D eigenvalue weighted by Crippen LogP contribution is -2.49. The molecule has 4 heteroatoms. The Morgan fingerprint density at radius 2 is 2.00 bits per heavy atom. The fraction of sp³-hybridized carbons (Fsp3) is 1.00. The van der Waals surface area contributed by atoms with E-state index < -0.39 is 0 Å². The van der Waals surface area contributed by atoms with Gasteiger partial charge in [0.1, 0.15) is 12.3 Å². The lowest BCUT2D eigenvalue weighted by molar-refractivity contribution is -0.0683. The predicted octanol–water partition coefficient (Wildman–Crippen LogP) is -1.08. The third-order valence-corrected chi connectivity index (χ3v) is 2.04. The summed E-state index contributed by atoms with van der Waals surface area (Å²) in [4.78, 5) is 0. The zero-order valence-electron chi connectivity index (χ0n) is 6.51. The topological polar surface area (TPSA) is 42.5 Å². The van der Waals surface area contributed by atoms with Crippen molar-refractivity contribution in [3.05, 3.63) is 0 Å². The summed E-state index contributed by atoms with van der Waals surface area (Å²) < 4.78 is 10.9. The maximum atomic E-state index is 5.51. The predicted molar refractivity (Wildman–Crippen MR) is 40.4 cm³/mol. The summed E-state index contributed by atoms with van der Waals surface area (Å²) >= 11 is 0. The summed E-state index contributed by atoms with van der Waals surface area (Å²) in [5, 5.41) is 6.51. The van der Waals surface area contributed by atoms with Crippen molar-refractivity contribution >= 4 is 0 Å². The fourth-order valence-corrected chi connectivity index (χ4v) is 1.46. The highest BCUT2D eigenvalue weighted by Gasteiger charge is 2.27. The summed E-state index contributed by atoms with van der Waals surface area (Å²) in [6.45, 7) is 4.42. The highest BCUT2D eigenvalue weighted by Crippen LogP contribution is 2.06. The minimum Gasteiger partial charge on any atom is -0.371 e. The molecule has 0 aliphatic carbocycles. The van der Waals surface area contributed by atoms with Crippen LogP contribution in [-0.2, 0) is 9.47 Å². The molecule has 2 fully saturated rings. The molecule has 4 nitrogen and oxygen atoms in total. The minimum absolute atomic E-state index is 0.114. The lowest BCUT2D eigenvalue weighted by Gasteiger charge is -2.27. The Morgan fingerprint density at radius 1 is 1.09 bits per heavy atom. The zero-order chi connectivity index (χ0) is 7.52. The molecule has 0 spiro atoms. The molecule has 0 radical (unpaired) electrons. The van der Waals surface area contributed by atoms with Gasteiger partial charge in [0.05, 0.1) is 13.2 Å². The van der Waals surface area contributed by atoms with Crippen molar-refractivity contribution in [2.45, 2.75) is 12.3 Å². The third-order valence-electron chi connectivity index (χ3n) is 2.04. The molecular weight excluding hydrogens is 144 g/mol. The van der Waals surface area contributed by atoms with E-state index in [-0.39, 0.29) is 12.3 Å². The Balaban J connectivity index is 1.82. The molecule has 2 aliphatic heterocycles. The van der Waals surface area contributed by atoms with E-state index in [2.05, 4.69) is 10.6 Å². The largest absolute Gasteiger partial charge is 0.371 e. The van der Waals surface area contributed by atoms with Crippen LogP contribution in [0.1, 0.15) is 0 Å². The lowest BCUT2D eigenvalue weighted by atomic mass is 10.3. The average molecular weight is 158 g/mol. The number of hydrogen-bond acceptors (Lipinski definition) is 4. The van der Waals surface area contributed by atoms with Gasteiger partial charge in [0.2, 0.25) is 0 Å². The van der Waals surface area contributed by atoms with Gasteiger partial charge in [-0.3, -0.25) is 5.32 Å². The molecule has 2 unspecified atom stereocenters. The molecule has 2 aliphatic rings. The van der Waals surface area contributed by atoms with Crippen LogP contribution in [0, 0.1) is 0 Å². The Hall–Kier alpha value is -0.160. The van der Waals surface area contributed by atoms with Crippen molar-refractivity contribution in [3.8, 4) is 0 Å². The average Bonchev–Trinajstić information content (AvgIpc) is 2.58. The van der Waals surface area contributed by atoms with Crippen molar-refractivity contribution in [2.24, 2.45) is 0 Å². The van der Waals surface area contributed by atoms with Crippen LogP contribution in [0.2, 0.25) is 0 Å². The van der Waals surface area contributed by atoms with Crippen LogP contribution >= 0.6 is 0 Å². The molecule has 2 atom stereocenters. The van der Waals surface area contributed by atoms with Gasteiger partial charge in [0.15, 0.2) is 0 Å². The molecule has 2 rings (SSSR count). The van der Waals surface area contributed by atoms with Crippen molar-refractivity contribution < 1.29 is 9.47 Å². The van der Waals surface area contributed by atoms with Gasteiger partial charge in [-0.1, -0.05) is 0 Å². The molecule has 2 saturated heterocycles. The Kier molecular flexibility index (Phi) is 2.38. The van der Waals surface area contributed by atoms with E-state index >= 15 is 0 Å². The van der Waals surface area contributed by atoms with Gasteiger partial charge >= 0.3 is 0 Å². The van der Waals surface area contributed by atoms with E-state index in [4.69, 9.17) is 9.47 Å². The molecule has 0 amide bonds. The number of hydrogen-bond donors (Lipinski definition) is 2. The molecule has 0 aromatic rings. The molecule has 0 aromatic heterocycles. The van der Waals surface area contributed by atoms with Crippen LogP contribution in [0.25, 0.3) is 0 Å². The molecule has 64 valence electrons. The van der Waals surface area contributed by atoms with E-state index in [9.17, 15) is 0 Å². The molecule has 0 saturated carbocycles. The second-order valence-corrected chi connectivity index (χ2v) is 2.86. The van der Waals surface area contributed by atoms with Crippen LogP contribution < -0.4 is 10.6 Å². The molecule has 0 aromatic carbocycles. The molecule has 11 heavy (non-hydrogen) atoms. The monoisotopic (exact) mass is 158 g/mol. The van der Waals surface area contributed by atoms with Crippen LogP contribution in [0.3, 0.4) is 0 Å². The summed E-state index contributed by atoms with van der Waals surface area (Å²) in [5.41, 5.74) is 0. The van der Waals surface area contributed by atoms with E-state index in [1.807, 2.05) is 0 Å². The standard InChI is InChI=1S/C7H14N2O2/c1-3-10-6(5-8-1)7-9-2-4-11-7/h6-9H,1-5H2. The highest BCUT2D eigenvalue weighted by molar-refractivity contribution is 4.77. The Labute approximate surface area is 66.2 Å². The molecule has 0 bridgehead atoms. The molecule has 2 N–H and O–H groups in total. The summed E-state index contributed by atoms with van der Waals surface area (Å²) in [7, 11) is 0. The number of nitrogens with one attached hydrogen (secondary N) is 2. The Morgan fingerprint density at radius 3 is 2.64 bits per heavy atom. The second-order valence-electron chi connectivity index (χ2n) is 2.86. The third kappa shape index (κ3) is 1.70. The van der Waals surface area contributed by atoms with E-state index in [1.54, 1.807) is 0 Å². The first-order valence-corrected chi connectivity index (χ1v) is 4.14. The van der Waals surface area contributed by atoms with E-state index in [0.29, 0.717) is 0 Å². The van der Waals surface area contributed by atoms with E-state index in [1.165, 1.54) is 0 Å². The minimum atomic E-state index is 0.114. The number of ether oxygens (including phenoxy) is 2. The zero-order valence-corrected chi connectivity index (χ0v) is 6.51. The smallest absolute Gasteiger partial charge is 0.135 e. The van der Waals surface area contributed by atoms with Gasteiger partial charge in [-0.2, -0.15) is 0 Å². The van der Waals surface area contributed by atoms with Gasteiger partial charge in [0, 0.05) is 19.6 Å². The SMILES string of the molecule is C1COC(C2NCCO2)CN1. The first kappa shape index (κ1) is 7.49. The van der Waals surface area contributed by atoms with Crippen LogP contribution in [-0.4, -0.2) is 45.2 Å². The van der Waals surface area contributed by atoms with Crippen molar-refractivity contribution in [2.75, 3.05) is 32.8 Å². The summed E-state index contributed by atoms with van der Waals surface area (Å²) in [6, 6.07) is 0. The highest BCUT2D eigenvalue weighted by atomic mass is 16.6. The van der Waals surface area contributed by atoms with Crippen molar-refractivity contribution in [1.82, 2.24) is 10.6 Å². The van der Waals surface area contributed by atoms with Gasteiger partial charge in [-0.15, -0.1) is 0 Å². The van der Waals surface area contributed by atoms with E-state index in [0.717, 1.165) is 32.8 Å².